The minimum Gasteiger partial charge on any atom is -0.463 e. The van der Waals surface area contributed by atoms with E-state index >= 15 is 0 Å². The van der Waals surface area contributed by atoms with Gasteiger partial charge < -0.3 is 45.6 Å². The van der Waals surface area contributed by atoms with Crippen LogP contribution < -0.4 is 0 Å². The summed E-state index contributed by atoms with van der Waals surface area (Å²) < 4.78 is 5.10. The molecule has 6 atom stereocenters. The smallest absolute Gasteiger partial charge is 0.309 e. The van der Waals surface area contributed by atoms with Crippen molar-refractivity contribution in [2.45, 2.75) is 101 Å². The highest BCUT2D eigenvalue weighted by atomic mass is 16.5. The first-order valence-electron chi connectivity index (χ1n) is 12.6. The van der Waals surface area contributed by atoms with E-state index in [0.717, 1.165) is 51.4 Å². The number of unbranched alkanes of at least 4 members (excludes halogenated alkanes) is 7. The van der Waals surface area contributed by atoms with Crippen molar-refractivity contribution in [2.24, 2.45) is 11.8 Å². The molecule has 0 saturated heterocycles. The Balaban J connectivity index is 4.64. The van der Waals surface area contributed by atoms with Crippen LogP contribution in [0.15, 0.2) is 0 Å². The average molecular weight is 497 g/mol. The van der Waals surface area contributed by atoms with Crippen molar-refractivity contribution in [3.05, 3.63) is 0 Å². The van der Waals surface area contributed by atoms with Crippen molar-refractivity contribution in [1.29, 1.82) is 0 Å². The predicted molar refractivity (Wildman–Crippen MR) is 126 cm³/mol. The third-order valence-corrected chi connectivity index (χ3v) is 6.10. The largest absolute Gasteiger partial charge is 0.463 e. The van der Waals surface area contributed by atoms with Crippen LogP contribution in [0.25, 0.3) is 0 Å². The standard InChI is InChI=1S/C24H48O10/c25-13-19(29)10-8-6-4-2-1-3-5-7-9-18(11-20(30)14-26)23(12-21(31)15-27)24(33)34-17-22(32)16-28/h18-23,25-32H,1-17H2. The third kappa shape index (κ3) is 16.7. The van der Waals surface area contributed by atoms with Crippen molar-refractivity contribution in [3.63, 3.8) is 0 Å². The topological polar surface area (TPSA) is 188 Å². The van der Waals surface area contributed by atoms with Gasteiger partial charge in [-0.2, -0.15) is 0 Å². The van der Waals surface area contributed by atoms with Crippen LogP contribution in [0, 0.1) is 11.8 Å². The summed E-state index contributed by atoms with van der Waals surface area (Å²) >= 11 is 0. The predicted octanol–water partition coefficient (Wildman–Crippen LogP) is -0.144. The first-order chi connectivity index (χ1) is 16.3. The second-order valence-electron chi connectivity index (χ2n) is 9.22. The fourth-order valence-corrected chi connectivity index (χ4v) is 4.03. The molecule has 0 aromatic rings. The lowest BCUT2D eigenvalue weighted by atomic mass is 9.80. The normalized spacial score (nSPS) is 17.1. The summed E-state index contributed by atoms with van der Waals surface area (Å²) in [5, 5.41) is 74.9. The van der Waals surface area contributed by atoms with E-state index in [2.05, 4.69) is 0 Å². The fourth-order valence-electron chi connectivity index (χ4n) is 4.03. The maximum atomic E-state index is 12.7. The van der Waals surface area contributed by atoms with Gasteiger partial charge in [0.1, 0.15) is 12.7 Å². The Morgan fingerprint density at radius 1 is 0.559 bits per heavy atom. The Morgan fingerprint density at radius 2 is 1.00 bits per heavy atom. The number of ether oxygens (including phenoxy) is 1. The molecule has 0 bridgehead atoms. The van der Waals surface area contributed by atoms with Gasteiger partial charge in [0.25, 0.3) is 0 Å². The summed E-state index contributed by atoms with van der Waals surface area (Å²) in [7, 11) is 0. The Morgan fingerprint density at radius 3 is 1.50 bits per heavy atom. The minimum absolute atomic E-state index is 0.0711. The summed E-state index contributed by atoms with van der Waals surface area (Å²) in [6.07, 6.45) is 5.04. The molecule has 0 aliphatic rings. The zero-order valence-electron chi connectivity index (χ0n) is 20.4. The summed E-state index contributed by atoms with van der Waals surface area (Å²) in [5.41, 5.74) is 0. The van der Waals surface area contributed by atoms with Gasteiger partial charge in [0.05, 0.1) is 50.7 Å². The van der Waals surface area contributed by atoms with Gasteiger partial charge in [-0.05, 0) is 31.6 Å². The van der Waals surface area contributed by atoms with E-state index in [9.17, 15) is 35.4 Å². The molecule has 34 heavy (non-hydrogen) atoms. The molecule has 0 spiro atoms. The molecule has 6 unspecified atom stereocenters. The van der Waals surface area contributed by atoms with Gasteiger partial charge >= 0.3 is 5.97 Å². The maximum Gasteiger partial charge on any atom is 0.309 e. The minimum atomic E-state index is -1.21. The van der Waals surface area contributed by atoms with Crippen LogP contribution in [0.5, 0.6) is 0 Å². The second kappa shape index (κ2) is 21.4. The number of rotatable bonds is 23. The second-order valence-corrected chi connectivity index (χ2v) is 9.22. The van der Waals surface area contributed by atoms with E-state index in [0.29, 0.717) is 12.8 Å². The van der Waals surface area contributed by atoms with Crippen molar-refractivity contribution >= 4 is 5.97 Å². The van der Waals surface area contributed by atoms with Crippen LogP contribution in [0.1, 0.15) is 77.0 Å². The molecule has 0 fully saturated rings. The number of hydrogen-bond acceptors (Lipinski definition) is 10. The highest BCUT2D eigenvalue weighted by molar-refractivity contribution is 5.72. The molecule has 0 saturated carbocycles. The number of aliphatic hydroxyl groups excluding tert-OH is 8. The van der Waals surface area contributed by atoms with Crippen molar-refractivity contribution < 1.29 is 50.4 Å². The van der Waals surface area contributed by atoms with Crippen molar-refractivity contribution in [2.75, 3.05) is 33.0 Å². The molecule has 8 N–H and O–H groups in total. The fraction of sp³-hybridized carbons (Fsp3) is 0.958. The lowest BCUT2D eigenvalue weighted by Crippen LogP contribution is -2.35. The molecule has 0 heterocycles. The van der Waals surface area contributed by atoms with Gasteiger partial charge in [0.2, 0.25) is 0 Å². The molecule has 0 aliphatic carbocycles. The number of esters is 1. The van der Waals surface area contributed by atoms with E-state index in [-0.39, 0.29) is 25.4 Å². The van der Waals surface area contributed by atoms with E-state index in [1.807, 2.05) is 0 Å². The lowest BCUT2D eigenvalue weighted by molar-refractivity contribution is -0.156. The first kappa shape index (κ1) is 33.1. The molecule has 204 valence electrons. The lowest BCUT2D eigenvalue weighted by Gasteiger charge is -2.29. The molecule has 0 aromatic carbocycles. The zero-order chi connectivity index (χ0) is 25.8. The monoisotopic (exact) mass is 496 g/mol. The van der Waals surface area contributed by atoms with Crippen LogP contribution in [-0.4, -0.2) is 104 Å². The molecule has 0 radical (unpaired) electrons. The van der Waals surface area contributed by atoms with E-state index in [1.54, 1.807) is 0 Å². The number of carbonyl (C=O) groups is 1. The molecule has 0 aromatic heterocycles. The van der Waals surface area contributed by atoms with Crippen LogP contribution in [0.3, 0.4) is 0 Å². The van der Waals surface area contributed by atoms with Crippen LogP contribution in [-0.2, 0) is 9.53 Å². The molecule has 0 aliphatic heterocycles. The van der Waals surface area contributed by atoms with E-state index < -0.39 is 62.7 Å². The van der Waals surface area contributed by atoms with Gasteiger partial charge in [0.15, 0.2) is 0 Å². The first-order valence-corrected chi connectivity index (χ1v) is 12.6. The zero-order valence-corrected chi connectivity index (χ0v) is 20.4. The number of carbonyl (C=O) groups excluding carboxylic acids is 1. The summed E-state index contributed by atoms with van der Waals surface area (Å²) in [6, 6.07) is 0. The van der Waals surface area contributed by atoms with Gasteiger partial charge in [-0.25, -0.2) is 0 Å². The van der Waals surface area contributed by atoms with Crippen molar-refractivity contribution in [1.82, 2.24) is 0 Å². The molecule has 10 nitrogen and oxygen atoms in total. The SMILES string of the molecule is O=C(OCC(O)CO)C(CC(O)CO)C(CCCCCCCCCCC(O)CO)CC(O)CO. The Hall–Kier alpha value is -0.850. The molecule has 0 amide bonds. The van der Waals surface area contributed by atoms with Crippen molar-refractivity contribution in [3.8, 4) is 0 Å². The van der Waals surface area contributed by atoms with Gasteiger partial charge in [-0.1, -0.05) is 51.4 Å². The molecule has 10 heteroatoms. The third-order valence-electron chi connectivity index (χ3n) is 6.10. The highest BCUT2D eigenvalue weighted by Gasteiger charge is 2.33. The van der Waals surface area contributed by atoms with Crippen LogP contribution >= 0.6 is 0 Å². The van der Waals surface area contributed by atoms with Gasteiger partial charge in [0, 0.05) is 0 Å². The number of hydrogen-bond donors (Lipinski definition) is 8. The maximum absolute atomic E-state index is 12.7. The highest BCUT2D eigenvalue weighted by Crippen LogP contribution is 2.30. The summed E-state index contributed by atoms with van der Waals surface area (Å²) in [4.78, 5) is 12.7. The van der Waals surface area contributed by atoms with Crippen LogP contribution in [0.4, 0.5) is 0 Å². The van der Waals surface area contributed by atoms with Gasteiger partial charge in [-0.15, -0.1) is 0 Å². The number of aliphatic hydroxyl groups is 8. The van der Waals surface area contributed by atoms with Gasteiger partial charge in [-0.3, -0.25) is 4.79 Å². The molecular formula is C24H48O10. The summed E-state index contributed by atoms with van der Waals surface area (Å²) in [5.74, 6) is -1.90. The Bertz CT molecular complexity index is 479. The average Bonchev–Trinajstić information content (AvgIpc) is 2.85. The van der Waals surface area contributed by atoms with E-state index in [4.69, 9.17) is 14.9 Å². The quantitative estimate of drug-likeness (QED) is 0.0698. The Kier molecular flexibility index (Phi) is 20.9. The summed E-state index contributed by atoms with van der Waals surface area (Å²) in [6.45, 7) is -2.14. The molecule has 0 rings (SSSR count). The van der Waals surface area contributed by atoms with Crippen LogP contribution in [0.2, 0.25) is 0 Å². The van der Waals surface area contributed by atoms with E-state index in [1.165, 1.54) is 0 Å². The molecular weight excluding hydrogens is 448 g/mol. The Labute approximate surface area is 203 Å².